The van der Waals surface area contributed by atoms with E-state index < -0.39 is 40.9 Å². The van der Waals surface area contributed by atoms with Gasteiger partial charge in [0.2, 0.25) is 11.7 Å². The van der Waals surface area contributed by atoms with Gasteiger partial charge in [0.15, 0.2) is 0 Å². The number of alkyl halides is 3. The minimum absolute atomic E-state index is 0.00653. The number of halogens is 3. The first kappa shape index (κ1) is 22.5. The second-order valence-corrected chi connectivity index (χ2v) is 6.19. The number of rotatable bonds is 6. The highest BCUT2D eigenvalue weighted by atomic mass is 19.4. The van der Waals surface area contributed by atoms with E-state index in [1.54, 1.807) is 0 Å². The number of aromatic nitrogens is 3. The normalized spacial score (nSPS) is 11.2. The fourth-order valence-corrected chi connectivity index (χ4v) is 2.71. The van der Waals surface area contributed by atoms with E-state index in [-0.39, 0.29) is 29.4 Å². The molecule has 3 aromatic heterocycles. The maximum absolute atomic E-state index is 12.8. The van der Waals surface area contributed by atoms with Gasteiger partial charge in [0.05, 0.1) is 24.3 Å². The first-order valence-electron chi connectivity index (χ1n) is 8.93. The van der Waals surface area contributed by atoms with Crippen molar-refractivity contribution < 1.29 is 32.0 Å². The number of nitrogens with two attached hydrogens (primary N) is 1. The first-order chi connectivity index (χ1) is 15.1. The Balaban J connectivity index is 2.10. The lowest BCUT2D eigenvalue weighted by Crippen LogP contribution is -2.32. The molecule has 2 N–H and O–H groups in total. The van der Waals surface area contributed by atoms with Gasteiger partial charge in [-0.2, -0.15) is 13.2 Å². The second-order valence-electron chi connectivity index (χ2n) is 6.19. The van der Waals surface area contributed by atoms with E-state index in [1.165, 1.54) is 19.4 Å². The zero-order chi connectivity index (χ0) is 23.5. The summed E-state index contributed by atoms with van der Waals surface area (Å²) in [7, 11) is 0. The molecular formula is C18H15F3N6O5. The standard InChI is InChI=1S/C18H15F3N6O5/c1-2-31-17(28)26(9-10-3-4-13(24-8-10)18(19,20)21)12-7-11(16-23-5-6-32-16)25-15(22)14(12)27(29)30/h3-8H,2,9H2,1H3,(H2,22,25). The van der Waals surface area contributed by atoms with Crippen molar-refractivity contribution in [3.63, 3.8) is 0 Å². The zero-order valence-corrected chi connectivity index (χ0v) is 16.4. The Kier molecular flexibility index (Phi) is 6.22. The zero-order valence-electron chi connectivity index (χ0n) is 16.4. The topological polar surface area (TPSA) is 151 Å². The van der Waals surface area contributed by atoms with E-state index in [9.17, 15) is 28.1 Å². The average Bonchev–Trinajstić information content (AvgIpc) is 3.26. The summed E-state index contributed by atoms with van der Waals surface area (Å²) in [6.07, 6.45) is -2.20. The maximum Gasteiger partial charge on any atom is 0.433 e. The largest absolute Gasteiger partial charge is 0.449 e. The molecule has 168 valence electrons. The lowest BCUT2D eigenvalue weighted by atomic mass is 10.2. The van der Waals surface area contributed by atoms with Crippen molar-refractivity contribution in [3.8, 4) is 11.6 Å². The van der Waals surface area contributed by atoms with Gasteiger partial charge in [-0.15, -0.1) is 0 Å². The third-order valence-corrected chi connectivity index (χ3v) is 4.07. The van der Waals surface area contributed by atoms with E-state index >= 15 is 0 Å². The fraction of sp³-hybridized carbons (Fsp3) is 0.222. The summed E-state index contributed by atoms with van der Waals surface area (Å²) in [5.74, 6) is -0.548. The van der Waals surface area contributed by atoms with E-state index in [2.05, 4.69) is 15.0 Å². The molecule has 1 amide bonds. The van der Waals surface area contributed by atoms with E-state index in [1.807, 2.05) is 0 Å². The van der Waals surface area contributed by atoms with Crippen LogP contribution in [-0.2, 0) is 17.5 Å². The van der Waals surface area contributed by atoms with Crippen molar-refractivity contribution in [3.05, 3.63) is 58.2 Å². The molecule has 0 aliphatic heterocycles. The van der Waals surface area contributed by atoms with Crippen molar-refractivity contribution >= 4 is 23.3 Å². The van der Waals surface area contributed by atoms with Gasteiger partial charge in [-0.1, -0.05) is 6.07 Å². The Morgan fingerprint density at radius 2 is 2.09 bits per heavy atom. The minimum atomic E-state index is -4.65. The first-order valence-corrected chi connectivity index (χ1v) is 8.93. The molecule has 0 aliphatic carbocycles. The Bertz CT molecular complexity index is 1120. The fourth-order valence-electron chi connectivity index (χ4n) is 2.71. The molecule has 0 spiro atoms. The molecule has 0 radical (unpaired) electrons. The molecule has 3 heterocycles. The third kappa shape index (κ3) is 4.74. The van der Waals surface area contributed by atoms with Gasteiger partial charge in [0, 0.05) is 12.3 Å². The number of ether oxygens (including phenoxy) is 1. The monoisotopic (exact) mass is 452 g/mol. The molecule has 0 unspecified atom stereocenters. The van der Waals surface area contributed by atoms with E-state index in [0.717, 1.165) is 29.3 Å². The minimum Gasteiger partial charge on any atom is -0.449 e. The summed E-state index contributed by atoms with van der Waals surface area (Å²) in [5.41, 5.74) is 3.76. The number of nitrogen functional groups attached to an aromatic ring is 1. The molecular weight excluding hydrogens is 437 g/mol. The third-order valence-electron chi connectivity index (χ3n) is 4.07. The summed E-state index contributed by atoms with van der Waals surface area (Å²) >= 11 is 0. The molecule has 14 heteroatoms. The lowest BCUT2D eigenvalue weighted by molar-refractivity contribution is -0.383. The summed E-state index contributed by atoms with van der Waals surface area (Å²) < 4.78 is 48.5. The SMILES string of the molecule is CCOC(=O)N(Cc1ccc(C(F)(F)F)nc1)c1cc(-c2ncco2)nc(N)c1[N+](=O)[O-]. The average molecular weight is 452 g/mol. The van der Waals surface area contributed by atoms with E-state index in [4.69, 9.17) is 14.9 Å². The Labute approximate surface area is 177 Å². The highest BCUT2D eigenvalue weighted by Crippen LogP contribution is 2.37. The molecule has 11 nitrogen and oxygen atoms in total. The van der Waals surface area contributed by atoms with Crippen LogP contribution in [0.15, 0.2) is 41.3 Å². The van der Waals surface area contributed by atoms with Crippen LogP contribution in [0.25, 0.3) is 11.6 Å². The van der Waals surface area contributed by atoms with Crippen LogP contribution in [0.1, 0.15) is 18.2 Å². The molecule has 0 fully saturated rings. The van der Waals surface area contributed by atoms with Crippen molar-refractivity contribution in [2.45, 2.75) is 19.6 Å². The number of hydrogen-bond acceptors (Lipinski definition) is 9. The van der Waals surface area contributed by atoms with Crippen LogP contribution < -0.4 is 10.6 Å². The van der Waals surface area contributed by atoms with Gasteiger partial charge in [-0.3, -0.25) is 20.0 Å². The van der Waals surface area contributed by atoms with Gasteiger partial charge in [-0.05, 0) is 18.6 Å². The molecule has 0 saturated heterocycles. The lowest BCUT2D eigenvalue weighted by Gasteiger charge is -2.22. The van der Waals surface area contributed by atoms with Crippen LogP contribution in [0.3, 0.4) is 0 Å². The maximum atomic E-state index is 12.8. The highest BCUT2D eigenvalue weighted by Gasteiger charge is 2.33. The van der Waals surface area contributed by atoms with Crippen LogP contribution in [0.4, 0.5) is 35.2 Å². The Morgan fingerprint density at radius 1 is 1.34 bits per heavy atom. The van der Waals surface area contributed by atoms with Gasteiger partial charge in [0.1, 0.15) is 23.3 Å². The van der Waals surface area contributed by atoms with Crippen LogP contribution >= 0.6 is 0 Å². The number of carbonyl (C=O) groups excluding carboxylic acids is 1. The summed E-state index contributed by atoms with van der Waals surface area (Å²) in [4.78, 5) is 35.4. The molecule has 3 rings (SSSR count). The predicted molar refractivity (Wildman–Crippen MR) is 103 cm³/mol. The molecule has 32 heavy (non-hydrogen) atoms. The number of pyridine rings is 2. The van der Waals surface area contributed by atoms with Gasteiger partial charge < -0.3 is 14.9 Å². The second kappa shape index (κ2) is 8.87. The van der Waals surface area contributed by atoms with Crippen molar-refractivity contribution in [1.29, 1.82) is 0 Å². The van der Waals surface area contributed by atoms with Crippen LogP contribution in [0.2, 0.25) is 0 Å². The van der Waals surface area contributed by atoms with E-state index in [0.29, 0.717) is 0 Å². The molecule has 3 aromatic rings. The van der Waals surface area contributed by atoms with Crippen molar-refractivity contribution in [1.82, 2.24) is 15.0 Å². The number of oxazole rings is 1. The van der Waals surface area contributed by atoms with Crippen molar-refractivity contribution in [2.75, 3.05) is 17.2 Å². The molecule has 0 aromatic carbocycles. The van der Waals surface area contributed by atoms with Gasteiger partial charge >= 0.3 is 18.0 Å². The quantitative estimate of drug-likeness (QED) is 0.435. The number of nitrogens with zero attached hydrogens (tertiary/aromatic N) is 5. The van der Waals surface area contributed by atoms with Crippen LogP contribution in [0.5, 0.6) is 0 Å². The van der Waals surface area contributed by atoms with Crippen molar-refractivity contribution in [2.24, 2.45) is 0 Å². The number of carbonyl (C=O) groups is 1. The number of anilines is 2. The van der Waals surface area contributed by atoms with Gasteiger partial charge in [-0.25, -0.2) is 14.8 Å². The molecule has 0 atom stereocenters. The predicted octanol–water partition coefficient (Wildman–Crippen LogP) is 3.80. The summed E-state index contributed by atoms with van der Waals surface area (Å²) in [6.45, 7) is 1.05. The highest BCUT2D eigenvalue weighted by molar-refractivity contribution is 5.93. The Morgan fingerprint density at radius 3 is 2.62 bits per heavy atom. The smallest absolute Gasteiger partial charge is 0.433 e. The van der Waals surface area contributed by atoms with Gasteiger partial charge in [0.25, 0.3) is 0 Å². The number of nitro groups is 1. The van der Waals surface area contributed by atoms with Crippen LogP contribution in [-0.4, -0.2) is 32.6 Å². The Hall–Kier alpha value is -4.23. The number of hydrogen-bond donors (Lipinski definition) is 1. The van der Waals surface area contributed by atoms with Crippen LogP contribution in [0, 0.1) is 10.1 Å². The summed E-state index contributed by atoms with van der Waals surface area (Å²) in [6, 6.07) is 2.97. The summed E-state index contributed by atoms with van der Waals surface area (Å²) in [5, 5.41) is 11.7. The molecule has 0 aliphatic rings. The molecule has 0 bridgehead atoms. The number of amides is 1. The molecule has 0 saturated carbocycles.